The largest absolute Gasteiger partial charge is 0.364 e. The third-order valence-corrected chi connectivity index (χ3v) is 3.90. The lowest BCUT2D eigenvalue weighted by atomic mass is 10.3. The Labute approximate surface area is 114 Å². The van der Waals surface area contributed by atoms with Gasteiger partial charge in [0.1, 0.15) is 16.6 Å². The Morgan fingerprint density at radius 2 is 2.44 bits per heavy atom. The maximum Gasteiger partial charge on any atom is 0.162 e. The molecule has 2 aromatic rings. The van der Waals surface area contributed by atoms with E-state index in [0.29, 0.717) is 10.7 Å². The molecule has 0 aliphatic carbocycles. The Balaban J connectivity index is 1.91. The standard InChI is InChI=1S/C11H12ClN5S/c1-16(4-2-5-17-6-3-14-8-17)11-9(7-13)10(12)15-18-11/h3,6,8H,2,4-5H2,1H3. The molecule has 5 nitrogen and oxygen atoms in total. The van der Waals surface area contributed by atoms with Crippen LogP contribution in [0.2, 0.25) is 5.15 Å². The van der Waals surface area contributed by atoms with Crippen LogP contribution in [0.4, 0.5) is 5.00 Å². The third-order valence-electron chi connectivity index (χ3n) is 2.56. The lowest BCUT2D eigenvalue weighted by molar-refractivity contribution is 0.639. The minimum Gasteiger partial charge on any atom is -0.364 e. The third kappa shape index (κ3) is 2.81. The minimum absolute atomic E-state index is 0.291. The van der Waals surface area contributed by atoms with Gasteiger partial charge in [-0.1, -0.05) is 11.6 Å². The SMILES string of the molecule is CN(CCCn1ccnc1)c1snc(Cl)c1C#N. The number of aryl methyl sites for hydroxylation is 1. The predicted octanol–water partition coefficient (Wildman–Crippen LogP) is 2.39. The van der Waals surface area contributed by atoms with Gasteiger partial charge in [0.2, 0.25) is 0 Å². The number of nitriles is 1. The van der Waals surface area contributed by atoms with Crippen molar-refractivity contribution in [2.45, 2.75) is 13.0 Å². The molecule has 0 aliphatic heterocycles. The van der Waals surface area contributed by atoms with E-state index in [4.69, 9.17) is 16.9 Å². The molecule has 0 spiro atoms. The highest BCUT2D eigenvalue weighted by Gasteiger charge is 2.14. The molecule has 94 valence electrons. The molecular formula is C11H12ClN5S. The van der Waals surface area contributed by atoms with E-state index in [2.05, 4.69) is 15.4 Å². The van der Waals surface area contributed by atoms with Crippen LogP contribution in [-0.4, -0.2) is 27.5 Å². The highest BCUT2D eigenvalue weighted by Crippen LogP contribution is 2.30. The second kappa shape index (κ2) is 5.85. The Kier molecular flexibility index (Phi) is 4.18. The van der Waals surface area contributed by atoms with Crippen LogP contribution >= 0.6 is 23.1 Å². The van der Waals surface area contributed by atoms with E-state index in [1.165, 1.54) is 11.5 Å². The van der Waals surface area contributed by atoms with Gasteiger partial charge in [0.05, 0.1) is 6.33 Å². The van der Waals surface area contributed by atoms with Crippen molar-refractivity contribution in [2.75, 3.05) is 18.5 Å². The van der Waals surface area contributed by atoms with Gasteiger partial charge in [-0.15, -0.1) is 0 Å². The van der Waals surface area contributed by atoms with Gasteiger partial charge in [0.15, 0.2) is 5.15 Å². The summed E-state index contributed by atoms with van der Waals surface area (Å²) in [6.45, 7) is 1.74. The molecule has 0 bridgehead atoms. The summed E-state index contributed by atoms with van der Waals surface area (Å²) in [7, 11) is 1.94. The zero-order valence-corrected chi connectivity index (χ0v) is 11.4. The van der Waals surface area contributed by atoms with Gasteiger partial charge in [-0.05, 0) is 18.0 Å². The van der Waals surface area contributed by atoms with Gasteiger partial charge in [0, 0.05) is 32.5 Å². The van der Waals surface area contributed by atoms with E-state index in [1.807, 2.05) is 22.7 Å². The first-order chi connectivity index (χ1) is 8.72. The molecule has 2 rings (SSSR count). The zero-order chi connectivity index (χ0) is 13.0. The zero-order valence-electron chi connectivity index (χ0n) is 9.88. The van der Waals surface area contributed by atoms with E-state index in [9.17, 15) is 0 Å². The molecule has 2 aromatic heterocycles. The van der Waals surface area contributed by atoms with E-state index >= 15 is 0 Å². The minimum atomic E-state index is 0.291. The predicted molar refractivity (Wildman–Crippen MR) is 72.0 cm³/mol. The number of hydrogen-bond acceptors (Lipinski definition) is 5. The Hall–Kier alpha value is -1.58. The summed E-state index contributed by atoms with van der Waals surface area (Å²) in [5.74, 6) is 0. The highest BCUT2D eigenvalue weighted by molar-refractivity contribution is 7.10. The summed E-state index contributed by atoms with van der Waals surface area (Å²) in [6, 6.07) is 2.09. The summed E-state index contributed by atoms with van der Waals surface area (Å²) in [5, 5.41) is 10.1. The number of rotatable bonds is 5. The van der Waals surface area contributed by atoms with E-state index in [0.717, 1.165) is 24.5 Å². The molecule has 2 heterocycles. The van der Waals surface area contributed by atoms with Crippen molar-refractivity contribution in [3.63, 3.8) is 0 Å². The number of hydrogen-bond donors (Lipinski definition) is 0. The molecule has 0 aliphatic rings. The molecule has 0 atom stereocenters. The second-order valence-electron chi connectivity index (χ2n) is 3.84. The van der Waals surface area contributed by atoms with Gasteiger partial charge in [-0.2, -0.15) is 9.64 Å². The fourth-order valence-corrected chi connectivity index (χ4v) is 2.64. The summed E-state index contributed by atoms with van der Waals surface area (Å²) >= 11 is 7.10. The quantitative estimate of drug-likeness (QED) is 0.844. The maximum atomic E-state index is 9.01. The summed E-state index contributed by atoms with van der Waals surface area (Å²) in [6.07, 6.45) is 6.46. The van der Waals surface area contributed by atoms with Gasteiger partial charge in [-0.3, -0.25) is 0 Å². The Morgan fingerprint density at radius 1 is 1.61 bits per heavy atom. The number of aromatic nitrogens is 3. The maximum absolute atomic E-state index is 9.01. The average Bonchev–Trinajstić information content (AvgIpc) is 2.98. The Bertz CT molecular complexity index is 542. The van der Waals surface area contributed by atoms with E-state index in [1.54, 1.807) is 12.5 Å². The van der Waals surface area contributed by atoms with Gasteiger partial charge >= 0.3 is 0 Å². The number of anilines is 1. The summed E-state index contributed by atoms with van der Waals surface area (Å²) < 4.78 is 6.02. The van der Waals surface area contributed by atoms with Crippen LogP contribution in [-0.2, 0) is 6.54 Å². The fraction of sp³-hybridized carbons (Fsp3) is 0.364. The van der Waals surface area contributed by atoms with Crippen molar-refractivity contribution in [3.05, 3.63) is 29.4 Å². The first-order valence-electron chi connectivity index (χ1n) is 5.44. The van der Waals surface area contributed by atoms with Crippen LogP contribution < -0.4 is 4.90 Å². The van der Waals surface area contributed by atoms with E-state index < -0.39 is 0 Å². The van der Waals surface area contributed by atoms with Crippen molar-refractivity contribution < 1.29 is 0 Å². The monoisotopic (exact) mass is 281 g/mol. The lowest BCUT2D eigenvalue weighted by Gasteiger charge is -2.16. The first kappa shape index (κ1) is 12.9. The van der Waals surface area contributed by atoms with Crippen LogP contribution in [0.25, 0.3) is 0 Å². The topological polar surface area (TPSA) is 57.7 Å². The molecule has 18 heavy (non-hydrogen) atoms. The fourth-order valence-electron chi connectivity index (χ4n) is 1.63. The molecule has 0 radical (unpaired) electrons. The highest BCUT2D eigenvalue weighted by atomic mass is 35.5. The molecule has 0 saturated carbocycles. The first-order valence-corrected chi connectivity index (χ1v) is 6.59. The molecule has 0 aromatic carbocycles. The summed E-state index contributed by atoms with van der Waals surface area (Å²) in [5.41, 5.74) is 0.465. The normalized spacial score (nSPS) is 10.3. The van der Waals surface area contributed by atoms with Crippen LogP contribution in [0.5, 0.6) is 0 Å². The molecule has 0 fully saturated rings. The number of nitrogens with zero attached hydrogens (tertiary/aromatic N) is 5. The van der Waals surface area contributed by atoms with Crippen molar-refractivity contribution in [1.82, 2.24) is 13.9 Å². The summed E-state index contributed by atoms with van der Waals surface area (Å²) in [4.78, 5) is 6.00. The van der Waals surface area contributed by atoms with Crippen molar-refractivity contribution in [3.8, 4) is 6.07 Å². The van der Waals surface area contributed by atoms with Crippen LogP contribution in [0.3, 0.4) is 0 Å². The molecule has 0 unspecified atom stereocenters. The molecule has 0 amide bonds. The molecule has 0 N–H and O–H groups in total. The average molecular weight is 282 g/mol. The van der Waals surface area contributed by atoms with Crippen LogP contribution in [0.1, 0.15) is 12.0 Å². The molecule has 7 heteroatoms. The Morgan fingerprint density at radius 3 is 3.11 bits per heavy atom. The smallest absolute Gasteiger partial charge is 0.162 e. The molecular weight excluding hydrogens is 270 g/mol. The second-order valence-corrected chi connectivity index (χ2v) is 4.95. The number of halogens is 1. The van der Waals surface area contributed by atoms with Crippen molar-refractivity contribution in [2.24, 2.45) is 0 Å². The lowest BCUT2D eigenvalue weighted by Crippen LogP contribution is -2.19. The van der Waals surface area contributed by atoms with Crippen molar-refractivity contribution >= 4 is 28.1 Å². The van der Waals surface area contributed by atoms with Crippen LogP contribution in [0.15, 0.2) is 18.7 Å². The number of imidazole rings is 1. The van der Waals surface area contributed by atoms with E-state index in [-0.39, 0.29) is 0 Å². The van der Waals surface area contributed by atoms with Gasteiger partial charge in [0.25, 0.3) is 0 Å². The van der Waals surface area contributed by atoms with Gasteiger partial charge in [-0.25, -0.2) is 4.98 Å². The van der Waals surface area contributed by atoms with Crippen LogP contribution in [0, 0.1) is 11.3 Å². The molecule has 0 saturated heterocycles. The van der Waals surface area contributed by atoms with Crippen molar-refractivity contribution in [1.29, 1.82) is 5.26 Å². The van der Waals surface area contributed by atoms with Gasteiger partial charge < -0.3 is 9.47 Å².